The molecule has 0 heterocycles. The van der Waals surface area contributed by atoms with Gasteiger partial charge in [0.05, 0.1) is 4.90 Å². The van der Waals surface area contributed by atoms with Crippen LogP contribution in [-0.2, 0) is 16.3 Å². The van der Waals surface area contributed by atoms with Crippen LogP contribution in [0.4, 0.5) is 0 Å². The van der Waals surface area contributed by atoms with Gasteiger partial charge in [-0.15, -0.1) is 0 Å². The Balaban J connectivity index is 2.26. The van der Waals surface area contributed by atoms with Gasteiger partial charge >= 0.3 is 0 Å². The summed E-state index contributed by atoms with van der Waals surface area (Å²) >= 11 is 0. The number of sulfone groups is 1. The molecule has 2 rings (SSSR count). The van der Waals surface area contributed by atoms with E-state index in [2.05, 4.69) is 0 Å². The summed E-state index contributed by atoms with van der Waals surface area (Å²) in [6.45, 7) is 0.583. The van der Waals surface area contributed by atoms with Crippen molar-refractivity contribution in [1.29, 1.82) is 0 Å². The zero-order chi connectivity index (χ0) is 17.6. The van der Waals surface area contributed by atoms with Gasteiger partial charge in [-0.2, -0.15) is 0 Å². The van der Waals surface area contributed by atoms with E-state index in [-0.39, 0.29) is 16.4 Å². The first-order valence-corrected chi connectivity index (χ1v) is 9.22. The van der Waals surface area contributed by atoms with Crippen molar-refractivity contribution in [3.8, 4) is 11.5 Å². The third-order valence-corrected chi connectivity index (χ3v) is 5.12. The van der Waals surface area contributed by atoms with Gasteiger partial charge in [-0.3, -0.25) is 0 Å². The summed E-state index contributed by atoms with van der Waals surface area (Å²) in [4.78, 5) is 0.279. The Kier molecular flexibility index (Phi) is 6.00. The summed E-state index contributed by atoms with van der Waals surface area (Å²) in [5.74, 6) is -0.544. The fourth-order valence-electron chi connectivity index (χ4n) is 2.33. The van der Waals surface area contributed by atoms with Gasteiger partial charge in [0, 0.05) is 5.41 Å². The molecule has 4 N–H and O–H groups in total. The van der Waals surface area contributed by atoms with Crippen LogP contribution in [-0.4, -0.2) is 25.2 Å². The smallest absolute Gasteiger partial charge is 0.200 e. The molecule has 24 heavy (non-hydrogen) atoms. The van der Waals surface area contributed by atoms with E-state index >= 15 is 0 Å². The Hall–Kier alpha value is -2.31. The molecule has 2 aromatic carbocycles. The van der Waals surface area contributed by atoms with Gasteiger partial charge in [-0.05, 0) is 61.2 Å². The molecule has 0 saturated carbocycles. The second-order valence-electron chi connectivity index (χ2n) is 5.45. The number of hydrogen-bond donors (Lipinski definition) is 3. The quantitative estimate of drug-likeness (QED) is 0.528. The highest BCUT2D eigenvalue weighted by Gasteiger charge is 2.15. The monoisotopic (exact) mass is 347 g/mol. The van der Waals surface area contributed by atoms with E-state index in [0.717, 1.165) is 23.8 Å². The minimum atomic E-state index is -3.61. The zero-order valence-corrected chi connectivity index (χ0v) is 14.0. The van der Waals surface area contributed by atoms with E-state index in [1.54, 1.807) is 12.1 Å². The number of phenolic OH excluding ortho intramolecular Hbond substituents is 2. The van der Waals surface area contributed by atoms with Gasteiger partial charge in [0.1, 0.15) is 0 Å². The number of hydrogen-bond acceptors (Lipinski definition) is 5. The maximum absolute atomic E-state index is 12.6. The molecule has 0 bridgehead atoms. The Morgan fingerprint density at radius 3 is 2.46 bits per heavy atom. The molecule has 0 fully saturated rings. The Morgan fingerprint density at radius 1 is 1.00 bits per heavy atom. The SMILES string of the molecule is NCCCCc1ccccc1S(=O)(=O)/C=C/c1ccc(O)c(O)c1. The maximum atomic E-state index is 12.6. The van der Waals surface area contributed by atoms with Crippen molar-refractivity contribution in [2.75, 3.05) is 6.54 Å². The van der Waals surface area contributed by atoms with E-state index in [1.165, 1.54) is 24.3 Å². The van der Waals surface area contributed by atoms with Crippen molar-refractivity contribution >= 4 is 15.9 Å². The normalized spacial score (nSPS) is 11.9. The number of unbranched alkanes of at least 4 members (excludes halogenated alkanes) is 1. The van der Waals surface area contributed by atoms with Crippen LogP contribution in [0.2, 0.25) is 0 Å². The Morgan fingerprint density at radius 2 is 1.75 bits per heavy atom. The molecule has 0 atom stereocenters. The van der Waals surface area contributed by atoms with Crippen molar-refractivity contribution < 1.29 is 18.6 Å². The molecule has 0 spiro atoms. The predicted octanol–water partition coefficient (Wildman–Crippen LogP) is 2.82. The molecule has 0 unspecified atom stereocenters. The number of benzene rings is 2. The van der Waals surface area contributed by atoms with E-state index in [4.69, 9.17) is 5.73 Å². The van der Waals surface area contributed by atoms with Crippen LogP contribution < -0.4 is 5.73 Å². The van der Waals surface area contributed by atoms with Crippen LogP contribution in [0, 0.1) is 0 Å². The van der Waals surface area contributed by atoms with Gasteiger partial charge in [0.15, 0.2) is 21.3 Å². The van der Waals surface area contributed by atoms with Crippen LogP contribution in [0.15, 0.2) is 52.8 Å². The van der Waals surface area contributed by atoms with Gasteiger partial charge in [-0.1, -0.05) is 24.3 Å². The summed E-state index contributed by atoms with van der Waals surface area (Å²) in [6, 6.07) is 11.0. The highest BCUT2D eigenvalue weighted by Crippen LogP contribution is 2.26. The Bertz CT molecular complexity index is 829. The Labute approximate surface area is 142 Å². The van der Waals surface area contributed by atoms with Crippen LogP contribution in [0.3, 0.4) is 0 Å². The molecule has 0 radical (unpaired) electrons. The highest BCUT2D eigenvalue weighted by atomic mass is 32.2. The van der Waals surface area contributed by atoms with Crippen molar-refractivity contribution in [2.24, 2.45) is 5.73 Å². The number of aromatic hydroxyl groups is 2. The molecule has 0 saturated heterocycles. The number of nitrogens with two attached hydrogens (primary N) is 1. The predicted molar refractivity (Wildman–Crippen MR) is 94.4 cm³/mol. The fraction of sp³-hybridized carbons (Fsp3) is 0.222. The summed E-state index contributed by atoms with van der Waals surface area (Å²) < 4.78 is 25.2. The minimum absolute atomic E-state index is 0.250. The summed E-state index contributed by atoms with van der Waals surface area (Å²) in [6.07, 6.45) is 3.72. The zero-order valence-electron chi connectivity index (χ0n) is 13.2. The molecule has 0 aliphatic heterocycles. The molecular weight excluding hydrogens is 326 g/mol. The van der Waals surface area contributed by atoms with Crippen molar-refractivity contribution in [2.45, 2.75) is 24.2 Å². The average molecular weight is 347 g/mol. The lowest BCUT2D eigenvalue weighted by Gasteiger charge is -2.08. The van der Waals surface area contributed by atoms with E-state index < -0.39 is 9.84 Å². The summed E-state index contributed by atoms with van der Waals surface area (Å²) in [5, 5.41) is 19.9. The van der Waals surface area contributed by atoms with Gasteiger partial charge in [0.25, 0.3) is 0 Å². The first kappa shape index (κ1) is 18.0. The van der Waals surface area contributed by atoms with E-state index in [1.807, 2.05) is 12.1 Å². The largest absolute Gasteiger partial charge is 0.504 e. The van der Waals surface area contributed by atoms with Gasteiger partial charge < -0.3 is 15.9 Å². The molecule has 128 valence electrons. The number of aryl methyl sites for hydroxylation is 1. The van der Waals surface area contributed by atoms with Crippen LogP contribution in [0.1, 0.15) is 24.0 Å². The standard InChI is InChI=1S/C18H21NO4S/c19-11-4-3-6-15-5-1-2-7-18(15)24(22,23)12-10-14-8-9-16(20)17(21)13-14/h1-2,5,7-10,12-13,20-21H,3-4,6,11,19H2/b12-10+. The first-order valence-electron chi connectivity index (χ1n) is 7.67. The van der Waals surface area contributed by atoms with Gasteiger partial charge in [-0.25, -0.2) is 8.42 Å². The molecule has 0 aromatic heterocycles. The van der Waals surface area contributed by atoms with Crippen molar-refractivity contribution in [3.05, 3.63) is 59.0 Å². The number of rotatable bonds is 7. The lowest BCUT2D eigenvalue weighted by molar-refractivity contribution is 0.403. The van der Waals surface area contributed by atoms with E-state index in [9.17, 15) is 18.6 Å². The summed E-state index contributed by atoms with van der Waals surface area (Å²) in [5.41, 5.74) is 6.73. The average Bonchev–Trinajstić information content (AvgIpc) is 2.57. The molecule has 2 aromatic rings. The minimum Gasteiger partial charge on any atom is -0.504 e. The summed E-state index contributed by atoms with van der Waals surface area (Å²) in [7, 11) is -3.61. The highest BCUT2D eigenvalue weighted by molar-refractivity contribution is 7.94. The molecular formula is C18H21NO4S. The van der Waals surface area contributed by atoms with Crippen molar-refractivity contribution in [3.63, 3.8) is 0 Å². The first-order chi connectivity index (χ1) is 11.4. The topological polar surface area (TPSA) is 101 Å². The molecule has 0 aliphatic carbocycles. The molecule has 5 nitrogen and oxygen atoms in total. The second kappa shape index (κ2) is 7.99. The van der Waals surface area contributed by atoms with E-state index in [0.29, 0.717) is 18.5 Å². The second-order valence-corrected chi connectivity index (χ2v) is 7.25. The molecule has 6 heteroatoms. The lowest BCUT2D eigenvalue weighted by atomic mass is 10.1. The van der Waals surface area contributed by atoms with Gasteiger partial charge in [0.2, 0.25) is 0 Å². The maximum Gasteiger partial charge on any atom is 0.200 e. The fourth-order valence-corrected chi connectivity index (χ4v) is 3.62. The van der Waals surface area contributed by atoms with Crippen LogP contribution in [0.25, 0.3) is 6.08 Å². The number of phenols is 2. The third kappa shape index (κ3) is 4.59. The molecule has 0 amide bonds. The third-order valence-electron chi connectivity index (χ3n) is 3.62. The lowest BCUT2D eigenvalue weighted by Crippen LogP contribution is -2.03. The van der Waals surface area contributed by atoms with Crippen molar-refractivity contribution in [1.82, 2.24) is 0 Å². The molecule has 0 aliphatic rings. The van der Waals surface area contributed by atoms with Crippen LogP contribution >= 0.6 is 0 Å². The van der Waals surface area contributed by atoms with Crippen LogP contribution in [0.5, 0.6) is 11.5 Å².